The van der Waals surface area contributed by atoms with Crippen LogP contribution in [0.5, 0.6) is 0 Å². The molecule has 0 N–H and O–H groups in total. The molecule has 7 heteroatoms. The fraction of sp³-hybridized carbons (Fsp3) is 0.800. The molecule has 1 heterocycles. The Morgan fingerprint density at radius 2 is 1.14 bits per heavy atom. The zero-order valence-corrected chi connectivity index (χ0v) is 14.3. The highest BCUT2D eigenvalue weighted by molar-refractivity contribution is 5.88. The average molecular weight is 314 g/mol. The monoisotopic (exact) mass is 314 g/mol. The van der Waals surface area contributed by atoms with Crippen LogP contribution in [0.4, 0.5) is 9.59 Å². The second-order valence-corrected chi connectivity index (χ2v) is 7.34. The second-order valence-electron chi connectivity index (χ2n) is 7.34. The van der Waals surface area contributed by atoms with Gasteiger partial charge in [-0.15, -0.1) is 0 Å². The lowest BCUT2D eigenvalue weighted by molar-refractivity contribution is -0.120. The summed E-state index contributed by atoms with van der Waals surface area (Å²) in [5, 5.41) is 0. The van der Waals surface area contributed by atoms with Gasteiger partial charge in [0.15, 0.2) is 5.78 Å². The largest absolute Gasteiger partial charge is 0.444 e. The molecular formula is C15H26N2O5. The molecule has 1 aliphatic heterocycles. The normalized spacial score (nSPS) is 17.1. The van der Waals surface area contributed by atoms with Crippen molar-refractivity contribution in [3.05, 3.63) is 0 Å². The van der Waals surface area contributed by atoms with Crippen LogP contribution in [0.2, 0.25) is 0 Å². The molecule has 1 rings (SSSR count). The molecule has 1 saturated heterocycles. The first-order valence-electron chi connectivity index (χ1n) is 7.35. The van der Waals surface area contributed by atoms with Gasteiger partial charge in [-0.3, -0.25) is 14.6 Å². The fourth-order valence-electron chi connectivity index (χ4n) is 1.84. The SMILES string of the molecule is CC(C)(C)OC(=O)N1CCN(C(=O)OC(C)(C)C)CC(=O)C1. The summed E-state index contributed by atoms with van der Waals surface area (Å²) in [7, 11) is 0. The molecule has 0 radical (unpaired) electrons. The number of hydrogen-bond donors (Lipinski definition) is 0. The van der Waals surface area contributed by atoms with Crippen molar-refractivity contribution in [3.8, 4) is 0 Å². The maximum atomic E-state index is 12.0. The van der Waals surface area contributed by atoms with E-state index in [9.17, 15) is 14.4 Å². The number of Topliss-reactive ketones (excluding diaryl/α,β-unsaturated/α-hetero) is 1. The summed E-state index contributed by atoms with van der Waals surface area (Å²) < 4.78 is 10.5. The molecule has 0 unspecified atom stereocenters. The van der Waals surface area contributed by atoms with E-state index < -0.39 is 23.4 Å². The summed E-state index contributed by atoms with van der Waals surface area (Å²) in [5.41, 5.74) is -1.26. The lowest BCUT2D eigenvalue weighted by Gasteiger charge is -2.27. The third-order valence-corrected chi connectivity index (χ3v) is 2.68. The number of carbonyl (C=O) groups excluding carboxylic acids is 3. The molecule has 1 fully saturated rings. The first kappa shape index (κ1) is 18.3. The summed E-state index contributed by atoms with van der Waals surface area (Å²) in [6.45, 7) is 10.9. The first-order chi connectivity index (χ1) is 9.87. The molecule has 0 spiro atoms. The maximum absolute atomic E-state index is 12.0. The fourth-order valence-corrected chi connectivity index (χ4v) is 1.84. The van der Waals surface area contributed by atoms with Gasteiger partial charge in [-0.1, -0.05) is 0 Å². The van der Waals surface area contributed by atoms with Crippen LogP contribution in [0, 0.1) is 0 Å². The highest BCUT2D eigenvalue weighted by Crippen LogP contribution is 2.14. The summed E-state index contributed by atoms with van der Waals surface area (Å²) in [6.07, 6.45) is -1.10. The molecule has 7 nitrogen and oxygen atoms in total. The standard InChI is InChI=1S/C15H26N2O5/c1-14(2,3)21-12(19)16-7-8-17(10-11(18)9-16)13(20)22-15(4,5)6/h7-10H2,1-6H3. The Morgan fingerprint density at radius 1 is 0.818 bits per heavy atom. The van der Waals surface area contributed by atoms with Crippen molar-refractivity contribution >= 4 is 18.0 Å². The van der Waals surface area contributed by atoms with Crippen LogP contribution in [-0.2, 0) is 14.3 Å². The number of amides is 2. The molecule has 0 bridgehead atoms. The number of nitrogens with zero attached hydrogens (tertiary/aromatic N) is 2. The van der Waals surface area contributed by atoms with Crippen molar-refractivity contribution in [2.75, 3.05) is 26.2 Å². The summed E-state index contributed by atoms with van der Waals surface area (Å²) in [5.74, 6) is -0.228. The predicted molar refractivity (Wildman–Crippen MR) is 80.6 cm³/mol. The Kier molecular flexibility index (Phi) is 5.43. The van der Waals surface area contributed by atoms with Gasteiger partial charge in [-0.25, -0.2) is 9.59 Å². The maximum Gasteiger partial charge on any atom is 0.410 e. The van der Waals surface area contributed by atoms with Crippen LogP contribution in [0.3, 0.4) is 0 Å². The van der Waals surface area contributed by atoms with E-state index in [2.05, 4.69) is 0 Å². The third kappa shape index (κ3) is 6.32. The Hall–Kier alpha value is -1.79. The number of hydrogen-bond acceptors (Lipinski definition) is 5. The van der Waals surface area contributed by atoms with Crippen LogP contribution in [0.15, 0.2) is 0 Å². The van der Waals surface area contributed by atoms with E-state index in [-0.39, 0.29) is 32.0 Å². The minimum atomic E-state index is -0.628. The second kappa shape index (κ2) is 6.54. The van der Waals surface area contributed by atoms with E-state index in [1.165, 1.54) is 9.80 Å². The number of ketones is 1. The molecule has 126 valence electrons. The Morgan fingerprint density at radius 3 is 1.41 bits per heavy atom. The summed E-state index contributed by atoms with van der Waals surface area (Å²) in [4.78, 5) is 38.6. The zero-order chi connectivity index (χ0) is 17.1. The van der Waals surface area contributed by atoms with Crippen LogP contribution >= 0.6 is 0 Å². The van der Waals surface area contributed by atoms with Gasteiger partial charge in [0, 0.05) is 13.1 Å². The number of carbonyl (C=O) groups is 3. The van der Waals surface area contributed by atoms with Crippen LogP contribution in [0.1, 0.15) is 41.5 Å². The number of rotatable bonds is 0. The van der Waals surface area contributed by atoms with Gasteiger partial charge in [-0.05, 0) is 41.5 Å². The Balaban J connectivity index is 2.69. The minimum Gasteiger partial charge on any atom is -0.444 e. The summed E-state index contributed by atoms with van der Waals surface area (Å²) >= 11 is 0. The van der Waals surface area contributed by atoms with Gasteiger partial charge >= 0.3 is 12.2 Å². The van der Waals surface area contributed by atoms with E-state index in [1.807, 2.05) is 0 Å². The van der Waals surface area contributed by atoms with Gasteiger partial charge < -0.3 is 9.47 Å². The van der Waals surface area contributed by atoms with E-state index in [0.29, 0.717) is 0 Å². The molecular weight excluding hydrogens is 288 g/mol. The third-order valence-electron chi connectivity index (χ3n) is 2.68. The lowest BCUT2D eigenvalue weighted by Crippen LogP contribution is -2.41. The Bertz CT molecular complexity index is 408. The molecule has 0 aromatic carbocycles. The molecule has 2 amide bonds. The van der Waals surface area contributed by atoms with E-state index in [4.69, 9.17) is 9.47 Å². The molecule has 1 aliphatic rings. The van der Waals surface area contributed by atoms with Crippen molar-refractivity contribution in [1.82, 2.24) is 9.80 Å². The minimum absolute atomic E-state index is 0.0613. The Labute approximate surface area is 131 Å². The van der Waals surface area contributed by atoms with E-state index in [1.54, 1.807) is 41.5 Å². The zero-order valence-electron chi connectivity index (χ0n) is 14.3. The van der Waals surface area contributed by atoms with Gasteiger partial charge in [0.05, 0.1) is 13.1 Å². The van der Waals surface area contributed by atoms with Gasteiger partial charge in [0.2, 0.25) is 0 Å². The highest BCUT2D eigenvalue weighted by Gasteiger charge is 2.31. The lowest BCUT2D eigenvalue weighted by atomic mass is 10.2. The van der Waals surface area contributed by atoms with Crippen molar-refractivity contribution < 1.29 is 23.9 Å². The first-order valence-corrected chi connectivity index (χ1v) is 7.35. The van der Waals surface area contributed by atoms with Crippen molar-refractivity contribution in [3.63, 3.8) is 0 Å². The van der Waals surface area contributed by atoms with Crippen molar-refractivity contribution in [1.29, 1.82) is 0 Å². The predicted octanol–water partition coefficient (Wildman–Crippen LogP) is 2.04. The van der Waals surface area contributed by atoms with Crippen LogP contribution in [-0.4, -0.2) is 65.2 Å². The topological polar surface area (TPSA) is 76.2 Å². The van der Waals surface area contributed by atoms with Gasteiger partial charge in [-0.2, -0.15) is 0 Å². The van der Waals surface area contributed by atoms with Gasteiger partial charge in [0.1, 0.15) is 11.2 Å². The van der Waals surface area contributed by atoms with Crippen LogP contribution in [0.25, 0.3) is 0 Å². The molecule has 0 saturated carbocycles. The molecule has 0 aliphatic carbocycles. The van der Waals surface area contributed by atoms with Crippen molar-refractivity contribution in [2.45, 2.75) is 52.7 Å². The van der Waals surface area contributed by atoms with Gasteiger partial charge in [0.25, 0.3) is 0 Å². The molecule has 0 atom stereocenters. The summed E-state index contributed by atoms with van der Waals surface area (Å²) in [6, 6.07) is 0. The van der Waals surface area contributed by atoms with E-state index in [0.717, 1.165) is 0 Å². The highest BCUT2D eigenvalue weighted by atomic mass is 16.6. The average Bonchev–Trinajstić information content (AvgIpc) is 2.46. The van der Waals surface area contributed by atoms with Crippen LogP contribution < -0.4 is 0 Å². The quantitative estimate of drug-likeness (QED) is 0.684. The molecule has 0 aromatic rings. The molecule has 22 heavy (non-hydrogen) atoms. The number of ether oxygens (including phenoxy) is 2. The van der Waals surface area contributed by atoms with E-state index >= 15 is 0 Å². The van der Waals surface area contributed by atoms with Crippen molar-refractivity contribution in [2.24, 2.45) is 0 Å². The smallest absolute Gasteiger partial charge is 0.410 e. The molecule has 0 aromatic heterocycles.